The molecule has 0 aromatic heterocycles. The maximum atomic E-state index is 13.9. The molecule has 156 valence electrons. The van der Waals surface area contributed by atoms with Crippen LogP contribution in [0.5, 0.6) is 5.75 Å². The Balaban J connectivity index is 1.76. The average molecular weight is 421 g/mol. The van der Waals surface area contributed by atoms with Gasteiger partial charge in [-0.3, -0.25) is 4.79 Å². The third-order valence-electron chi connectivity index (χ3n) is 5.07. The first kappa shape index (κ1) is 21.3. The first-order valence-corrected chi connectivity index (χ1v) is 11.0. The number of piperidine rings is 1. The molecule has 0 spiro atoms. The fourth-order valence-corrected chi connectivity index (χ4v) is 4.93. The number of carbonyl (C=O) groups is 1. The Hall–Kier alpha value is -2.45. The molecule has 29 heavy (non-hydrogen) atoms. The van der Waals surface area contributed by atoms with E-state index in [0.29, 0.717) is 18.7 Å². The predicted molar refractivity (Wildman–Crippen MR) is 108 cm³/mol. The normalized spacial score (nSPS) is 16.2. The van der Waals surface area contributed by atoms with Crippen LogP contribution in [0.4, 0.5) is 4.39 Å². The molecular formula is C21H25FN2O4S. The van der Waals surface area contributed by atoms with E-state index in [1.54, 1.807) is 25.1 Å². The SMILES string of the molecule is COc1ccc([C@H](C)NC(=O)c2cccc(S(=O)(=O)N3CCCCC3)c2)cc1F. The molecule has 0 unspecified atom stereocenters. The standard InChI is InChI=1S/C21H25FN2O4S/c1-15(16-9-10-20(28-2)19(22)14-16)23-21(25)17-7-6-8-18(13-17)29(26,27)24-11-4-3-5-12-24/h6-10,13-15H,3-5,11-12H2,1-2H3,(H,23,25)/t15-/m0/s1. The number of nitrogens with one attached hydrogen (secondary N) is 1. The second-order valence-electron chi connectivity index (χ2n) is 7.08. The van der Waals surface area contributed by atoms with E-state index in [2.05, 4.69) is 5.32 Å². The third kappa shape index (κ3) is 4.76. The number of hydrogen-bond acceptors (Lipinski definition) is 4. The van der Waals surface area contributed by atoms with E-state index in [-0.39, 0.29) is 16.2 Å². The zero-order valence-corrected chi connectivity index (χ0v) is 17.3. The van der Waals surface area contributed by atoms with Gasteiger partial charge in [0.2, 0.25) is 10.0 Å². The maximum Gasteiger partial charge on any atom is 0.251 e. The molecule has 3 rings (SSSR count). The summed E-state index contributed by atoms with van der Waals surface area (Å²) in [5.74, 6) is -0.812. The topological polar surface area (TPSA) is 75.7 Å². The van der Waals surface area contributed by atoms with Gasteiger partial charge in [0.15, 0.2) is 11.6 Å². The fraction of sp³-hybridized carbons (Fsp3) is 0.381. The van der Waals surface area contributed by atoms with Crippen molar-refractivity contribution in [3.8, 4) is 5.75 Å². The largest absolute Gasteiger partial charge is 0.494 e. The second-order valence-corrected chi connectivity index (χ2v) is 9.02. The van der Waals surface area contributed by atoms with Crippen LogP contribution < -0.4 is 10.1 Å². The fourth-order valence-electron chi connectivity index (χ4n) is 3.37. The summed E-state index contributed by atoms with van der Waals surface area (Å²) in [6, 6.07) is 10.0. The van der Waals surface area contributed by atoms with Crippen molar-refractivity contribution in [2.45, 2.75) is 37.1 Å². The van der Waals surface area contributed by atoms with Gasteiger partial charge in [0.1, 0.15) is 0 Å². The van der Waals surface area contributed by atoms with Gasteiger partial charge in [0.05, 0.1) is 18.0 Å². The van der Waals surface area contributed by atoms with Crippen molar-refractivity contribution in [3.05, 3.63) is 59.4 Å². The highest BCUT2D eigenvalue weighted by molar-refractivity contribution is 7.89. The Morgan fingerprint density at radius 3 is 2.52 bits per heavy atom. The third-order valence-corrected chi connectivity index (χ3v) is 6.97. The van der Waals surface area contributed by atoms with Crippen molar-refractivity contribution in [1.29, 1.82) is 0 Å². The smallest absolute Gasteiger partial charge is 0.251 e. The number of ether oxygens (including phenoxy) is 1. The molecule has 1 saturated heterocycles. The molecule has 1 amide bonds. The predicted octanol–water partition coefficient (Wildman–Crippen LogP) is 3.50. The molecule has 1 aliphatic heterocycles. The van der Waals surface area contributed by atoms with Crippen LogP contribution in [0.2, 0.25) is 0 Å². The first-order valence-electron chi connectivity index (χ1n) is 9.57. The molecule has 1 N–H and O–H groups in total. The van der Waals surface area contributed by atoms with Gasteiger partial charge in [-0.15, -0.1) is 0 Å². The Labute approximate surface area is 170 Å². The van der Waals surface area contributed by atoms with E-state index in [1.807, 2.05) is 0 Å². The summed E-state index contributed by atoms with van der Waals surface area (Å²) in [5, 5.41) is 2.78. The van der Waals surface area contributed by atoms with Gasteiger partial charge in [0, 0.05) is 18.7 Å². The van der Waals surface area contributed by atoms with Gasteiger partial charge < -0.3 is 10.1 Å². The molecule has 1 aliphatic rings. The minimum atomic E-state index is -3.62. The summed E-state index contributed by atoms with van der Waals surface area (Å²) in [7, 11) is -2.24. The van der Waals surface area contributed by atoms with Gasteiger partial charge >= 0.3 is 0 Å². The summed E-state index contributed by atoms with van der Waals surface area (Å²) in [5.41, 5.74) is 0.817. The van der Waals surface area contributed by atoms with Crippen LogP contribution in [0.25, 0.3) is 0 Å². The Morgan fingerprint density at radius 1 is 1.14 bits per heavy atom. The lowest BCUT2D eigenvalue weighted by Crippen LogP contribution is -2.35. The number of methoxy groups -OCH3 is 1. The van der Waals surface area contributed by atoms with Gasteiger partial charge in [-0.2, -0.15) is 4.31 Å². The molecule has 2 aromatic carbocycles. The van der Waals surface area contributed by atoms with Crippen LogP contribution in [-0.4, -0.2) is 38.8 Å². The molecule has 1 atom stereocenters. The zero-order chi connectivity index (χ0) is 21.0. The zero-order valence-electron chi connectivity index (χ0n) is 16.5. The van der Waals surface area contributed by atoms with Crippen molar-refractivity contribution in [2.75, 3.05) is 20.2 Å². The number of hydrogen-bond donors (Lipinski definition) is 1. The highest BCUT2D eigenvalue weighted by Gasteiger charge is 2.26. The van der Waals surface area contributed by atoms with Gasteiger partial charge in [-0.05, 0) is 55.7 Å². The van der Waals surface area contributed by atoms with Crippen LogP contribution in [0.1, 0.15) is 48.1 Å². The Kier molecular flexibility index (Phi) is 6.54. The van der Waals surface area contributed by atoms with Gasteiger partial charge in [-0.25, -0.2) is 12.8 Å². The summed E-state index contributed by atoms with van der Waals surface area (Å²) in [4.78, 5) is 12.8. The van der Waals surface area contributed by atoms with Crippen LogP contribution >= 0.6 is 0 Å². The lowest BCUT2D eigenvalue weighted by molar-refractivity contribution is 0.0939. The summed E-state index contributed by atoms with van der Waals surface area (Å²) in [6.45, 7) is 2.73. The van der Waals surface area contributed by atoms with Crippen LogP contribution in [0, 0.1) is 5.82 Å². The highest BCUT2D eigenvalue weighted by atomic mass is 32.2. The molecular weight excluding hydrogens is 395 g/mol. The lowest BCUT2D eigenvalue weighted by Gasteiger charge is -2.26. The number of nitrogens with zero attached hydrogens (tertiary/aromatic N) is 1. The number of amides is 1. The molecule has 0 radical (unpaired) electrons. The van der Waals surface area contributed by atoms with Crippen LogP contribution in [0.15, 0.2) is 47.4 Å². The van der Waals surface area contributed by atoms with E-state index in [9.17, 15) is 17.6 Å². The van der Waals surface area contributed by atoms with Gasteiger partial charge in [-0.1, -0.05) is 18.6 Å². The molecule has 0 saturated carbocycles. The second kappa shape index (κ2) is 8.92. The molecule has 6 nitrogen and oxygen atoms in total. The Morgan fingerprint density at radius 2 is 1.86 bits per heavy atom. The van der Waals surface area contributed by atoms with Crippen LogP contribution in [-0.2, 0) is 10.0 Å². The molecule has 2 aromatic rings. The minimum absolute atomic E-state index is 0.107. The quantitative estimate of drug-likeness (QED) is 0.776. The molecule has 1 heterocycles. The van der Waals surface area contributed by atoms with E-state index >= 15 is 0 Å². The summed E-state index contributed by atoms with van der Waals surface area (Å²) >= 11 is 0. The highest BCUT2D eigenvalue weighted by Crippen LogP contribution is 2.23. The lowest BCUT2D eigenvalue weighted by atomic mass is 10.1. The summed E-state index contributed by atoms with van der Waals surface area (Å²) < 4.78 is 46.0. The van der Waals surface area contributed by atoms with E-state index in [1.165, 1.54) is 35.7 Å². The number of benzene rings is 2. The van der Waals surface area contributed by atoms with Crippen molar-refractivity contribution in [3.63, 3.8) is 0 Å². The van der Waals surface area contributed by atoms with Crippen molar-refractivity contribution < 1.29 is 22.3 Å². The number of halogens is 1. The van der Waals surface area contributed by atoms with E-state index < -0.39 is 27.8 Å². The van der Waals surface area contributed by atoms with Crippen molar-refractivity contribution in [2.24, 2.45) is 0 Å². The number of carbonyl (C=O) groups excluding carboxylic acids is 1. The van der Waals surface area contributed by atoms with E-state index in [0.717, 1.165) is 19.3 Å². The summed E-state index contributed by atoms with van der Waals surface area (Å²) in [6.07, 6.45) is 2.71. The molecule has 0 bridgehead atoms. The van der Waals surface area contributed by atoms with Crippen LogP contribution in [0.3, 0.4) is 0 Å². The molecule has 1 fully saturated rings. The van der Waals surface area contributed by atoms with Crippen molar-refractivity contribution in [1.82, 2.24) is 9.62 Å². The molecule has 0 aliphatic carbocycles. The first-order chi connectivity index (χ1) is 13.8. The van der Waals surface area contributed by atoms with E-state index in [4.69, 9.17) is 4.74 Å². The van der Waals surface area contributed by atoms with Gasteiger partial charge in [0.25, 0.3) is 5.91 Å². The number of rotatable bonds is 6. The monoisotopic (exact) mass is 420 g/mol. The van der Waals surface area contributed by atoms with Crippen molar-refractivity contribution >= 4 is 15.9 Å². The average Bonchev–Trinajstić information content (AvgIpc) is 2.74. The number of sulfonamides is 1. The molecule has 8 heteroatoms. The maximum absolute atomic E-state index is 13.9. The Bertz CT molecular complexity index is 988. The minimum Gasteiger partial charge on any atom is -0.494 e.